The van der Waals surface area contributed by atoms with Crippen molar-refractivity contribution in [2.45, 2.75) is 19.8 Å². The van der Waals surface area contributed by atoms with Crippen molar-refractivity contribution in [2.75, 3.05) is 26.8 Å². The predicted molar refractivity (Wildman–Crippen MR) is 70.3 cm³/mol. The van der Waals surface area contributed by atoms with Gasteiger partial charge in [-0.1, -0.05) is 19.1 Å². The zero-order valence-corrected chi connectivity index (χ0v) is 10.8. The number of aromatic hydroxyl groups is 1. The molecular weight excluding hydrogens is 214 g/mol. The summed E-state index contributed by atoms with van der Waals surface area (Å²) in [6.07, 6.45) is 2.22. The number of hydrogen-bond acceptors (Lipinski definition) is 3. The third kappa shape index (κ3) is 6.29. The van der Waals surface area contributed by atoms with Gasteiger partial charge in [-0.15, -0.1) is 0 Å². The van der Waals surface area contributed by atoms with E-state index in [1.807, 2.05) is 12.1 Å². The summed E-state index contributed by atoms with van der Waals surface area (Å²) in [5.74, 6) is 0.990. The molecule has 17 heavy (non-hydrogen) atoms. The van der Waals surface area contributed by atoms with Crippen LogP contribution in [0, 0.1) is 5.92 Å². The molecule has 96 valence electrons. The monoisotopic (exact) mass is 237 g/mol. The number of phenols is 1. The van der Waals surface area contributed by atoms with Gasteiger partial charge in [0.2, 0.25) is 0 Å². The minimum atomic E-state index is 0.336. The topological polar surface area (TPSA) is 41.5 Å². The Morgan fingerprint density at radius 1 is 1.29 bits per heavy atom. The second-order valence-corrected chi connectivity index (χ2v) is 4.51. The van der Waals surface area contributed by atoms with Gasteiger partial charge in [0, 0.05) is 13.7 Å². The first-order chi connectivity index (χ1) is 8.22. The van der Waals surface area contributed by atoms with E-state index < -0.39 is 0 Å². The number of rotatable bonds is 8. The average Bonchev–Trinajstić information content (AvgIpc) is 2.34. The molecule has 0 saturated carbocycles. The van der Waals surface area contributed by atoms with Gasteiger partial charge in [0.15, 0.2) is 0 Å². The molecular formula is C14H23NO2. The zero-order chi connectivity index (χ0) is 12.5. The standard InChI is InChI=1S/C14H23NO2/c1-12(11-15-9-10-17-2)3-4-13-5-7-14(16)8-6-13/h5-8,12,15-16H,3-4,9-11H2,1-2H3. The third-order valence-corrected chi connectivity index (χ3v) is 2.84. The van der Waals surface area contributed by atoms with Gasteiger partial charge in [0.05, 0.1) is 6.61 Å². The highest BCUT2D eigenvalue weighted by Crippen LogP contribution is 2.13. The first-order valence-corrected chi connectivity index (χ1v) is 6.20. The Labute approximate surface area is 104 Å². The molecule has 1 atom stereocenters. The smallest absolute Gasteiger partial charge is 0.115 e. The first kappa shape index (κ1) is 14.0. The molecule has 0 saturated heterocycles. The normalized spacial score (nSPS) is 12.6. The van der Waals surface area contributed by atoms with E-state index in [2.05, 4.69) is 12.2 Å². The first-order valence-electron chi connectivity index (χ1n) is 6.20. The minimum absolute atomic E-state index is 0.336. The molecule has 1 unspecified atom stereocenters. The molecule has 0 aliphatic carbocycles. The van der Waals surface area contributed by atoms with Crippen LogP contribution in [-0.2, 0) is 11.2 Å². The maximum Gasteiger partial charge on any atom is 0.115 e. The summed E-state index contributed by atoms with van der Waals surface area (Å²) in [5, 5.41) is 12.5. The number of ether oxygens (including phenoxy) is 1. The summed E-state index contributed by atoms with van der Waals surface area (Å²) in [7, 11) is 1.72. The molecule has 2 N–H and O–H groups in total. The number of hydrogen-bond donors (Lipinski definition) is 2. The third-order valence-electron chi connectivity index (χ3n) is 2.84. The van der Waals surface area contributed by atoms with E-state index in [1.165, 1.54) is 5.56 Å². The lowest BCUT2D eigenvalue weighted by molar-refractivity contribution is 0.198. The number of methoxy groups -OCH3 is 1. The van der Waals surface area contributed by atoms with Crippen LogP contribution in [0.25, 0.3) is 0 Å². The summed E-state index contributed by atoms with van der Waals surface area (Å²) in [5.41, 5.74) is 1.28. The number of phenolic OH excluding ortho intramolecular Hbond substituents is 1. The van der Waals surface area contributed by atoms with Crippen LogP contribution in [-0.4, -0.2) is 31.9 Å². The van der Waals surface area contributed by atoms with Gasteiger partial charge in [-0.2, -0.15) is 0 Å². The van der Waals surface area contributed by atoms with Gasteiger partial charge in [-0.25, -0.2) is 0 Å². The summed E-state index contributed by atoms with van der Waals surface area (Å²) in [4.78, 5) is 0. The van der Waals surface area contributed by atoms with Crippen LogP contribution in [0.1, 0.15) is 18.9 Å². The van der Waals surface area contributed by atoms with E-state index in [-0.39, 0.29) is 0 Å². The molecule has 0 heterocycles. The average molecular weight is 237 g/mol. The molecule has 3 heteroatoms. The number of benzene rings is 1. The Morgan fingerprint density at radius 3 is 2.65 bits per heavy atom. The highest BCUT2D eigenvalue weighted by atomic mass is 16.5. The molecule has 0 spiro atoms. The Kier molecular flexibility index (Phi) is 6.67. The Hall–Kier alpha value is -1.06. The lowest BCUT2D eigenvalue weighted by Crippen LogP contribution is -2.25. The van der Waals surface area contributed by atoms with Gasteiger partial charge >= 0.3 is 0 Å². The fraction of sp³-hybridized carbons (Fsp3) is 0.571. The molecule has 0 radical (unpaired) electrons. The highest BCUT2D eigenvalue weighted by molar-refractivity contribution is 5.25. The molecule has 0 aliphatic rings. The van der Waals surface area contributed by atoms with Crippen LogP contribution >= 0.6 is 0 Å². The predicted octanol–water partition coefficient (Wildman–Crippen LogP) is 2.20. The molecule has 0 amide bonds. The van der Waals surface area contributed by atoms with Crippen molar-refractivity contribution in [1.29, 1.82) is 0 Å². The molecule has 1 aromatic rings. The van der Waals surface area contributed by atoms with Crippen LogP contribution in [0.5, 0.6) is 5.75 Å². The molecule has 0 bridgehead atoms. The Bertz CT molecular complexity index is 298. The summed E-state index contributed by atoms with van der Waals surface area (Å²) in [6.45, 7) is 4.96. The van der Waals surface area contributed by atoms with Crippen LogP contribution in [0.15, 0.2) is 24.3 Å². The molecule has 0 fully saturated rings. The lowest BCUT2D eigenvalue weighted by atomic mass is 10.0. The fourth-order valence-corrected chi connectivity index (χ4v) is 1.70. The SMILES string of the molecule is COCCNCC(C)CCc1ccc(O)cc1. The van der Waals surface area contributed by atoms with Crippen molar-refractivity contribution < 1.29 is 9.84 Å². The van der Waals surface area contributed by atoms with E-state index in [0.29, 0.717) is 11.7 Å². The second-order valence-electron chi connectivity index (χ2n) is 4.51. The molecule has 1 rings (SSSR count). The second kappa shape index (κ2) is 8.09. The van der Waals surface area contributed by atoms with Crippen LogP contribution in [0.3, 0.4) is 0 Å². The Morgan fingerprint density at radius 2 is 2.00 bits per heavy atom. The van der Waals surface area contributed by atoms with Crippen molar-refractivity contribution in [3.05, 3.63) is 29.8 Å². The van der Waals surface area contributed by atoms with Gasteiger partial charge in [-0.3, -0.25) is 0 Å². The van der Waals surface area contributed by atoms with Crippen LogP contribution < -0.4 is 5.32 Å². The van der Waals surface area contributed by atoms with Crippen LogP contribution in [0.4, 0.5) is 0 Å². The lowest BCUT2D eigenvalue weighted by Gasteiger charge is -2.12. The van der Waals surface area contributed by atoms with E-state index in [1.54, 1.807) is 19.2 Å². The van der Waals surface area contributed by atoms with Crippen molar-refractivity contribution in [3.8, 4) is 5.75 Å². The van der Waals surface area contributed by atoms with Gasteiger partial charge < -0.3 is 15.2 Å². The maximum absolute atomic E-state index is 9.18. The van der Waals surface area contributed by atoms with Crippen molar-refractivity contribution in [3.63, 3.8) is 0 Å². The van der Waals surface area contributed by atoms with E-state index in [4.69, 9.17) is 4.74 Å². The van der Waals surface area contributed by atoms with Crippen molar-refractivity contribution in [1.82, 2.24) is 5.32 Å². The number of nitrogens with one attached hydrogen (secondary N) is 1. The fourth-order valence-electron chi connectivity index (χ4n) is 1.70. The minimum Gasteiger partial charge on any atom is -0.508 e. The highest BCUT2D eigenvalue weighted by Gasteiger charge is 2.02. The molecule has 0 aromatic heterocycles. The van der Waals surface area contributed by atoms with Crippen LogP contribution in [0.2, 0.25) is 0 Å². The van der Waals surface area contributed by atoms with Gasteiger partial charge in [0.1, 0.15) is 5.75 Å². The summed E-state index contributed by atoms with van der Waals surface area (Å²) in [6, 6.07) is 7.47. The molecule has 0 aliphatic heterocycles. The summed E-state index contributed by atoms with van der Waals surface area (Å²) < 4.78 is 4.98. The van der Waals surface area contributed by atoms with Crippen molar-refractivity contribution in [2.24, 2.45) is 5.92 Å². The molecule has 1 aromatic carbocycles. The van der Waals surface area contributed by atoms with E-state index in [9.17, 15) is 5.11 Å². The van der Waals surface area contributed by atoms with Gasteiger partial charge in [-0.05, 0) is 43.0 Å². The summed E-state index contributed by atoms with van der Waals surface area (Å²) >= 11 is 0. The quantitative estimate of drug-likeness (QED) is 0.681. The largest absolute Gasteiger partial charge is 0.508 e. The maximum atomic E-state index is 9.18. The van der Waals surface area contributed by atoms with Crippen molar-refractivity contribution >= 4 is 0 Å². The van der Waals surface area contributed by atoms with Gasteiger partial charge in [0.25, 0.3) is 0 Å². The number of aryl methyl sites for hydroxylation is 1. The zero-order valence-electron chi connectivity index (χ0n) is 10.8. The van der Waals surface area contributed by atoms with E-state index >= 15 is 0 Å². The molecule has 3 nitrogen and oxygen atoms in total. The van der Waals surface area contributed by atoms with E-state index in [0.717, 1.165) is 32.5 Å². The Balaban J connectivity index is 2.14.